The van der Waals surface area contributed by atoms with Gasteiger partial charge in [-0.15, -0.1) is 0 Å². The third kappa shape index (κ3) is 3.71. The number of rotatable bonds is 6. The molecule has 9 heteroatoms. The van der Waals surface area contributed by atoms with Gasteiger partial charge in [0.1, 0.15) is 5.69 Å². The number of H-pyrrole nitrogens is 1. The number of benzene rings is 3. The lowest BCUT2D eigenvalue weighted by molar-refractivity contribution is -0.383. The molecular weight excluding hydrogens is 412 g/mol. The second-order valence-electron chi connectivity index (χ2n) is 7.13. The topological polar surface area (TPSA) is 133 Å². The fraction of sp³-hybridized carbons (Fsp3) is 0.130. The summed E-state index contributed by atoms with van der Waals surface area (Å²) in [6.45, 7) is 0. The Morgan fingerprint density at radius 3 is 2.50 bits per heavy atom. The standard InChI is InChI=1S/C23H20N4O5/c1-31-21-11-13(10-19-15-5-3-4-6-16(15)23(28)26-25-19)9-17(22(21)32-2)14-7-8-18(24)20(12-14)27(29)30/h3-9,11-12H,10,24H2,1-2H3,(H,26,28). The van der Waals surface area contributed by atoms with Crippen LogP contribution in [-0.2, 0) is 6.42 Å². The molecule has 0 amide bonds. The van der Waals surface area contributed by atoms with E-state index < -0.39 is 4.92 Å². The Kier molecular flexibility index (Phi) is 5.46. The van der Waals surface area contributed by atoms with Crippen LogP contribution in [0.1, 0.15) is 11.3 Å². The second kappa shape index (κ2) is 8.38. The molecule has 1 aromatic heterocycles. The highest BCUT2D eigenvalue weighted by Crippen LogP contribution is 2.41. The molecule has 0 saturated carbocycles. The van der Waals surface area contributed by atoms with Gasteiger partial charge < -0.3 is 15.2 Å². The van der Waals surface area contributed by atoms with Crippen molar-refractivity contribution in [1.82, 2.24) is 10.2 Å². The van der Waals surface area contributed by atoms with Crippen LogP contribution in [0.3, 0.4) is 0 Å². The molecule has 32 heavy (non-hydrogen) atoms. The van der Waals surface area contributed by atoms with Crippen LogP contribution >= 0.6 is 0 Å². The van der Waals surface area contributed by atoms with Crippen LogP contribution in [0, 0.1) is 10.1 Å². The van der Waals surface area contributed by atoms with Crippen molar-refractivity contribution >= 4 is 22.1 Å². The molecule has 162 valence electrons. The number of nitrogens with zero attached hydrogens (tertiary/aromatic N) is 2. The zero-order valence-electron chi connectivity index (χ0n) is 17.4. The predicted molar refractivity (Wildman–Crippen MR) is 121 cm³/mol. The Morgan fingerprint density at radius 1 is 1.06 bits per heavy atom. The Bertz CT molecular complexity index is 1400. The summed E-state index contributed by atoms with van der Waals surface area (Å²) in [7, 11) is 3.02. The first-order chi connectivity index (χ1) is 15.4. The number of anilines is 1. The van der Waals surface area contributed by atoms with Crippen molar-refractivity contribution in [2.45, 2.75) is 6.42 Å². The molecule has 0 radical (unpaired) electrons. The van der Waals surface area contributed by atoms with Gasteiger partial charge in [0, 0.05) is 23.4 Å². The van der Waals surface area contributed by atoms with E-state index in [0.717, 1.165) is 10.9 Å². The first-order valence-corrected chi connectivity index (χ1v) is 9.68. The summed E-state index contributed by atoms with van der Waals surface area (Å²) in [6, 6.07) is 15.5. The molecule has 9 nitrogen and oxygen atoms in total. The maximum Gasteiger partial charge on any atom is 0.292 e. The molecule has 0 aliphatic rings. The number of ether oxygens (including phenoxy) is 2. The smallest absolute Gasteiger partial charge is 0.292 e. The van der Waals surface area contributed by atoms with Gasteiger partial charge in [-0.05, 0) is 35.4 Å². The third-order valence-corrected chi connectivity index (χ3v) is 5.22. The number of methoxy groups -OCH3 is 2. The molecule has 0 aliphatic carbocycles. The fourth-order valence-electron chi connectivity index (χ4n) is 3.71. The molecule has 3 N–H and O–H groups in total. The average Bonchev–Trinajstić information content (AvgIpc) is 2.80. The summed E-state index contributed by atoms with van der Waals surface area (Å²) in [5.74, 6) is 0.905. The number of aromatic amines is 1. The zero-order valence-corrected chi connectivity index (χ0v) is 17.4. The highest BCUT2D eigenvalue weighted by Gasteiger charge is 2.19. The van der Waals surface area contributed by atoms with Crippen molar-refractivity contribution in [1.29, 1.82) is 0 Å². The largest absolute Gasteiger partial charge is 0.493 e. The number of hydrogen-bond acceptors (Lipinski definition) is 7. The number of hydrogen-bond donors (Lipinski definition) is 2. The van der Waals surface area contributed by atoms with Crippen LogP contribution in [-0.4, -0.2) is 29.3 Å². The fourth-order valence-corrected chi connectivity index (χ4v) is 3.71. The van der Waals surface area contributed by atoms with Gasteiger partial charge in [-0.3, -0.25) is 14.9 Å². The summed E-state index contributed by atoms with van der Waals surface area (Å²) in [5.41, 5.74) is 8.05. The molecule has 3 aromatic carbocycles. The van der Waals surface area contributed by atoms with Crippen LogP contribution < -0.4 is 20.8 Å². The summed E-state index contributed by atoms with van der Waals surface area (Å²) in [6.07, 6.45) is 0.391. The Hall–Kier alpha value is -4.40. The maximum absolute atomic E-state index is 12.1. The van der Waals surface area contributed by atoms with E-state index in [-0.39, 0.29) is 16.9 Å². The minimum atomic E-state index is -0.525. The molecule has 4 aromatic rings. The van der Waals surface area contributed by atoms with E-state index in [2.05, 4.69) is 10.2 Å². The molecule has 0 unspecified atom stereocenters. The van der Waals surface area contributed by atoms with E-state index in [0.29, 0.717) is 40.1 Å². The van der Waals surface area contributed by atoms with E-state index >= 15 is 0 Å². The number of nitro benzene ring substituents is 1. The second-order valence-corrected chi connectivity index (χ2v) is 7.13. The summed E-state index contributed by atoms with van der Waals surface area (Å²) in [5, 5.41) is 19.4. The minimum absolute atomic E-state index is 0.0738. The Morgan fingerprint density at radius 2 is 1.81 bits per heavy atom. The van der Waals surface area contributed by atoms with Gasteiger partial charge in [0.05, 0.1) is 30.2 Å². The number of fused-ring (bicyclic) bond motifs is 1. The van der Waals surface area contributed by atoms with Crippen molar-refractivity contribution in [3.63, 3.8) is 0 Å². The number of nitrogen functional groups attached to an aromatic ring is 1. The van der Waals surface area contributed by atoms with Crippen molar-refractivity contribution in [2.75, 3.05) is 20.0 Å². The Balaban J connectivity index is 1.88. The van der Waals surface area contributed by atoms with Gasteiger partial charge in [-0.25, -0.2) is 5.10 Å². The monoisotopic (exact) mass is 432 g/mol. The average molecular weight is 432 g/mol. The first kappa shape index (κ1) is 20.9. The molecule has 0 bridgehead atoms. The predicted octanol–water partition coefficient (Wildman–Crippen LogP) is 3.69. The minimum Gasteiger partial charge on any atom is -0.493 e. The van der Waals surface area contributed by atoms with E-state index in [4.69, 9.17) is 15.2 Å². The zero-order chi connectivity index (χ0) is 22.8. The number of aromatic nitrogens is 2. The lowest BCUT2D eigenvalue weighted by atomic mass is 9.97. The van der Waals surface area contributed by atoms with Crippen LogP contribution in [0.15, 0.2) is 59.4 Å². The number of nitrogens with one attached hydrogen (secondary N) is 1. The molecule has 0 atom stereocenters. The van der Waals surface area contributed by atoms with Gasteiger partial charge in [-0.1, -0.05) is 24.3 Å². The van der Waals surface area contributed by atoms with Gasteiger partial charge in [0.15, 0.2) is 11.5 Å². The lowest BCUT2D eigenvalue weighted by Crippen LogP contribution is -2.11. The molecule has 4 rings (SSSR count). The highest BCUT2D eigenvalue weighted by molar-refractivity contribution is 5.84. The van der Waals surface area contributed by atoms with E-state index in [9.17, 15) is 14.9 Å². The lowest BCUT2D eigenvalue weighted by Gasteiger charge is -2.16. The van der Waals surface area contributed by atoms with Crippen molar-refractivity contribution in [2.24, 2.45) is 0 Å². The van der Waals surface area contributed by atoms with Crippen LogP contribution in [0.5, 0.6) is 11.5 Å². The number of nitro groups is 1. The quantitative estimate of drug-likeness (QED) is 0.270. The maximum atomic E-state index is 12.1. The molecule has 0 saturated heterocycles. The molecule has 0 aliphatic heterocycles. The van der Waals surface area contributed by atoms with Crippen molar-refractivity contribution in [3.05, 3.63) is 86.3 Å². The summed E-state index contributed by atoms with van der Waals surface area (Å²) in [4.78, 5) is 23.0. The molecular formula is C23H20N4O5. The normalized spacial score (nSPS) is 10.8. The highest BCUT2D eigenvalue weighted by atomic mass is 16.6. The SMILES string of the molecule is COc1cc(Cc2n[nH]c(=O)c3ccccc23)cc(-c2ccc(N)c([N+](=O)[O-])c2)c1OC. The molecule has 0 fully saturated rings. The number of nitrogens with two attached hydrogens (primary N) is 1. The van der Waals surface area contributed by atoms with Gasteiger partial charge >= 0.3 is 0 Å². The Labute approximate surface area is 182 Å². The van der Waals surface area contributed by atoms with Crippen LogP contribution in [0.2, 0.25) is 0 Å². The van der Waals surface area contributed by atoms with Gasteiger partial charge in [0.2, 0.25) is 0 Å². The van der Waals surface area contributed by atoms with Crippen molar-refractivity contribution in [3.8, 4) is 22.6 Å². The van der Waals surface area contributed by atoms with Gasteiger partial charge in [-0.2, -0.15) is 5.10 Å². The first-order valence-electron chi connectivity index (χ1n) is 9.68. The molecule has 0 spiro atoms. The molecule has 1 heterocycles. The summed E-state index contributed by atoms with van der Waals surface area (Å²) < 4.78 is 11.1. The van der Waals surface area contributed by atoms with Crippen LogP contribution in [0.25, 0.3) is 21.9 Å². The van der Waals surface area contributed by atoms with E-state index in [1.54, 1.807) is 18.2 Å². The van der Waals surface area contributed by atoms with Crippen LogP contribution in [0.4, 0.5) is 11.4 Å². The van der Waals surface area contributed by atoms with Gasteiger partial charge in [0.25, 0.3) is 11.2 Å². The van der Waals surface area contributed by atoms with Crippen molar-refractivity contribution < 1.29 is 14.4 Å². The van der Waals surface area contributed by atoms with E-state index in [1.165, 1.54) is 26.4 Å². The summed E-state index contributed by atoms with van der Waals surface area (Å²) >= 11 is 0. The third-order valence-electron chi connectivity index (χ3n) is 5.22. The van der Waals surface area contributed by atoms with E-state index in [1.807, 2.05) is 24.3 Å².